The fourth-order valence-electron chi connectivity index (χ4n) is 4.61. The van der Waals surface area contributed by atoms with Gasteiger partial charge in [-0.3, -0.25) is 32.5 Å². The SMILES string of the molecule is Nc1ncnc2c1ncn2[C@@H]1O[C@H](COP(=O)(O)O[C@H]2[C@@H](OP(=O)(O)O)[C@H](n3ccc(=O)[nH]c3=O)O[C@@H]2CO)[C@@H](O)[C@H]1O. The van der Waals surface area contributed by atoms with Crippen molar-refractivity contribution in [2.45, 2.75) is 49.1 Å². The van der Waals surface area contributed by atoms with Crippen LogP contribution in [0, 0.1) is 0 Å². The van der Waals surface area contributed by atoms with Gasteiger partial charge in [0.2, 0.25) is 0 Å². The molecule has 0 saturated carbocycles. The maximum Gasteiger partial charge on any atom is 0.472 e. The quantitative estimate of drug-likeness (QED) is 0.0981. The number of aliphatic hydroxyl groups excluding tert-OH is 3. The van der Waals surface area contributed by atoms with E-state index in [1.54, 1.807) is 0 Å². The molecule has 3 aromatic heterocycles. The van der Waals surface area contributed by atoms with Crippen LogP contribution in [-0.2, 0) is 32.2 Å². The zero-order chi connectivity index (χ0) is 31.3. The number of aromatic amines is 1. The van der Waals surface area contributed by atoms with Gasteiger partial charge in [-0.05, 0) is 0 Å². The van der Waals surface area contributed by atoms with Crippen LogP contribution < -0.4 is 17.0 Å². The van der Waals surface area contributed by atoms with Crippen molar-refractivity contribution in [3.8, 4) is 0 Å². The van der Waals surface area contributed by atoms with Gasteiger partial charge in [0.05, 0.1) is 19.5 Å². The number of aromatic nitrogens is 6. The van der Waals surface area contributed by atoms with Gasteiger partial charge >= 0.3 is 21.3 Å². The first-order valence-corrected chi connectivity index (χ1v) is 15.1. The summed E-state index contributed by atoms with van der Waals surface area (Å²) in [6, 6.07) is 0.880. The number of fused-ring (bicyclic) bond motifs is 1. The second kappa shape index (κ2) is 11.9. The Morgan fingerprint density at radius 2 is 1.70 bits per heavy atom. The third kappa shape index (κ3) is 6.47. The molecule has 2 fully saturated rings. The van der Waals surface area contributed by atoms with Gasteiger partial charge in [-0.2, -0.15) is 0 Å². The maximum absolute atomic E-state index is 12.9. The average Bonchev–Trinajstić information content (AvgIpc) is 3.57. The highest BCUT2D eigenvalue weighted by Gasteiger charge is 2.53. The first kappa shape index (κ1) is 31.5. The van der Waals surface area contributed by atoms with Gasteiger partial charge in [0, 0.05) is 12.3 Å². The maximum atomic E-state index is 12.9. The number of hydrogen-bond donors (Lipinski definition) is 8. The topological polar surface area (TPSA) is 326 Å². The zero-order valence-electron chi connectivity index (χ0n) is 21.4. The summed E-state index contributed by atoms with van der Waals surface area (Å²) in [6.45, 7) is -1.82. The Morgan fingerprint density at radius 3 is 2.37 bits per heavy atom. The second-order valence-electron chi connectivity index (χ2n) is 9.29. The highest BCUT2D eigenvalue weighted by molar-refractivity contribution is 7.47. The number of hydrogen-bond acceptors (Lipinski definition) is 16. The number of anilines is 1. The van der Waals surface area contributed by atoms with Gasteiger partial charge in [-0.1, -0.05) is 0 Å². The Balaban J connectivity index is 1.32. The summed E-state index contributed by atoms with van der Waals surface area (Å²) in [5, 5.41) is 30.9. The average molecular weight is 653 g/mol. The van der Waals surface area contributed by atoms with Crippen LogP contribution in [0.1, 0.15) is 12.5 Å². The van der Waals surface area contributed by atoms with E-state index in [1.807, 2.05) is 4.98 Å². The van der Waals surface area contributed by atoms with Gasteiger partial charge < -0.3 is 45.2 Å². The van der Waals surface area contributed by atoms with E-state index in [2.05, 4.69) is 19.5 Å². The minimum atomic E-state index is -5.38. The number of phosphoric ester groups is 2. The van der Waals surface area contributed by atoms with Gasteiger partial charge in [-0.25, -0.2) is 28.9 Å². The Bertz CT molecular complexity index is 1690. The molecule has 9 N–H and O–H groups in total. The van der Waals surface area contributed by atoms with E-state index in [0.29, 0.717) is 4.57 Å². The van der Waals surface area contributed by atoms with Crippen molar-refractivity contribution in [2.24, 2.45) is 0 Å². The third-order valence-electron chi connectivity index (χ3n) is 6.51. The second-order valence-corrected chi connectivity index (χ2v) is 11.9. The zero-order valence-corrected chi connectivity index (χ0v) is 23.2. The monoisotopic (exact) mass is 653 g/mol. The van der Waals surface area contributed by atoms with Gasteiger partial charge in [-0.15, -0.1) is 0 Å². The fraction of sp³-hybridized carbons (Fsp3) is 0.526. The van der Waals surface area contributed by atoms with E-state index < -0.39 is 89.2 Å². The number of aliphatic hydroxyl groups is 3. The molecule has 5 heterocycles. The molecule has 0 radical (unpaired) electrons. The predicted octanol–water partition coefficient (Wildman–Crippen LogP) is -3.55. The van der Waals surface area contributed by atoms with Crippen LogP contribution in [0.4, 0.5) is 5.82 Å². The highest BCUT2D eigenvalue weighted by atomic mass is 31.2. The van der Waals surface area contributed by atoms with Crippen LogP contribution in [0.25, 0.3) is 11.2 Å². The molecule has 2 saturated heterocycles. The van der Waals surface area contributed by atoms with E-state index in [4.69, 9.17) is 24.3 Å². The third-order valence-corrected chi connectivity index (χ3v) is 8.01. The summed E-state index contributed by atoms with van der Waals surface area (Å²) in [5.41, 5.74) is 4.19. The predicted molar refractivity (Wildman–Crippen MR) is 136 cm³/mol. The van der Waals surface area contributed by atoms with Crippen molar-refractivity contribution < 1.29 is 62.2 Å². The van der Waals surface area contributed by atoms with E-state index >= 15 is 0 Å². The molecule has 2 aliphatic rings. The van der Waals surface area contributed by atoms with E-state index in [1.165, 1.54) is 10.9 Å². The summed E-state index contributed by atoms with van der Waals surface area (Å²) >= 11 is 0. The lowest BCUT2D eigenvalue weighted by Gasteiger charge is -2.26. The van der Waals surface area contributed by atoms with E-state index in [0.717, 1.165) is 18.6 Å². The molecule has 1 unspecified atom stereocenters. The van der Waals surface area contributed by atoms with Gasteiger partial charge in [0.1, 0.15) is 48.5 Å². The van der Waals surface area contributed by atoms with Gasteiger partial charge in [0.25, 0.3) is 5.56 Å². The number of phosphoric acid groups is 2. The molecule has 22 nitrogen and oxygen atoms in total. The molecule has 24 heteroatoms. The summed E-state index contributed by atoms with van der Waals surface area (Å²) in [4.78, 5) is 66.8. The van der Waals surface area contributed by atoms with Crippen LogP contribution in [0.2, 0.25) is 0 Å². The highest BCUT2D eigenvalue weighted by Crippen LogP contribution is 2.52. The smallest absolute Gasteiger partial charge is 0.394 e. The Morgan fingerprint density at radius 1 is 0.977 bits per heavy atom. The summed E-state index contributed by atoms with van der Waals surface area (Å²) in [6.07, 6.45) is -10.0. The summed E-state index contributed by atoms with van der Waals surface area (Å²) in [7, 11) is -10.6. The molecule has 0 amide bonds. The molecule has 0 bridgehead atoms. The van der Waals surface area contributed by atoms with Crippen molar-refractivity contribution in [2.75, 3.05) is 18.9 Å². The van der Waals surface area contributed by atoms with Crippen molar-refractivity contribution in [3.63, 3.8) is 0 Å². The number of nitrogens with zero attached hydrogens (tertiary/aromatic N) is 5. The Labute approximate surface area is 238 Å². The van der Waals surface area contributed by atoms with Crippen molar-refractivity contribution in [3.05, 3.63) is 45.8 Å². The Kier molecular flexibility index (Phi) is 8.68. The van der Waals surface area contributed by atoms with E-state index in [9.17, 15) is 48.7 Å². The van der Waals surface area contributed by atoms with Crippen molar-refractivity contribution >= 4 is 32.6 Å². The van der Waals surface area contributed by atoms with Crippen LogP contribution in [0.15, 0.2) is 34.5 Å². The molecule has 236 valence electrons. The molecule has 0 aliphatic carbocycles. The molecular weight excluding hydrogens is 628 g/mol. The standard InChI is InChI=1S/C19H25N7O15P2/c20-15-10-16(22-5-21-15)26(6-23-10)17-12(30)11(29)8(39-17)4-37-43(35,36)41-13-7(3-27)38-18(14(13)40-42(32,33)34)25-2-1-9(28)24-19(25)31/h1-2,5-8,11-14,17-18,27,29-30H,3-4H2,(H,35,36)(H2,20,21,22)(H,24,28,31)(H2,32,33,34)/t7-,8-,11-,12-,13-,14-,17-,18-/m1/s1. The molecule has 43 heavy (non-hydrogen) atoms. The number of nitrogens with two attached hydrogens (primary N) is 1. The molecule has 0 aromatic carbocycles. The van der Waals surface area contributed by atoms with Gasteiger partial charge in [0.15, 0.2) is 23.9 Å². The first-order valence-electron chi connectivity index (χ1n) is 12.1. The summed E-state index contributed by atoms with van der Waals surface area (Å²) in [5.74, 6) is 0.0424. The van der Waals surface area contributed by atoms with E-state index in [-0.39, 0.29) is 17.0 Å². The molecule has 3 aromatic rings. The Hall–Kier alpha value is -2.95. The van der Waals surface area contributed by atoms with Crippen LogP contribution >= 0.6 is 15.6 Å². The normalized spacial score (nSPS) is 31.0. The lowest BCUT2D eigenvalue weighted by Crippen LogP contribution is -2.40. The molecule has 0 spiro atoms. The van der Waals surface area contributed by atoms with Crippen LogP contribution in [-0.4, -0.2) is 109 Å². The van der Waals surface area contributed by atoms with Crippen LogP contribution in [0.5, 0.6) is 0 Å². The van der Waals surface area contributed by atoms with Crippen LogP contribution in [0.3, 0.4) is 0 Å². The molecule has 9 atom stereocenters. The largest absolute Gasteiger partial charge is 0.472 e. The number of H-pyrrole nitrogens is 1. The first-order chi connectivity index (χ1) is 20.2. The molecule has 5 rings (SSSR count). The molecule has 2 aliphatic heterocycles. The fourth-order valence-corrected chi connectivity index (χ4v) is 6.11. The number of imidazole rings is 1. The number of nitrogen functional groups attached to an aromatic ring is 1. The summed E-state index contributed by atoms with van der Waals surface area (Å²) < 4.78 is 52.3. The lowest BCUT2D eigenvalue weighted by molar-refractivity contribution is -0.0594. The lowest BCUT2D eigenvalue weighted by atomic mass is 10.1. The minimum absolute atomic E-state index is 0.0424. The number of nitrogens with one attached hydrogen (secondary N) is 1. The van der Waals surface area contributed by atoms with Crippen molar-refractivity contribution in [1.29, 1.82) is 0 Å². The number of rotatable bonds is 10. The minimum Gasteiger partial charge on any atom is -0.394 e. The van der Waals surface area contributed by atoms with Crippen molar-refractivity contribution in [1.82, 2.24) is 29.1 Å². The number of ether oxygens (including phenoxy) is 2. The molecular formula is C19H25N7O15P2.